The Kier molecular flexibility index (Phi) is 10.4. The first kappa shape index (κ1) is 20.4. The van der Waals surface area contributed by atoms with Gasteiger partial charge >= 0.3 is 0 Å². The molecule has 0 radical (unpaired) electrons. The van der Waals surface area contributed by atoms with Crippen molar-refractivity contribution in [2.75, 3.05) is 6.61 Å². The molecule has 0 saturated carbocycles. The minimum Gasteiger partial charge on any atom is -0.494 e. The van der Waals surface area contributed by atoms with E-state index in [2.05, 4.69) is 20.8 Å². The van der Waals surface area contributed by atoms with Crippen LogP contribution in [0.4, 0.5) is 0 Å². The Bertz CT molecular complexity index is 383. The molecule has 0 bridgehead atoms. The van der Waals surface area contributed by atoms with Crippen LogP contribution in [-0.4, -0.2) is 11.5 Å². The molecule has 1 aromatic carbocycles. The summed E-state index contributed by atoms with van der Waals surface area (Å²) >= 11 is 6.62. The Hall–Kier alpha value is -0.690. The number of halogens is 1. The molecule has 1 aromatic rings. The molecule has 0 aliphatic heterocycles. The van der Waals surface area contributed by atoms with E-state index in [1.54, 1.807) is 0 Å². The molecule has 0 spiro atoms. The van der Waals surface area contributed by atoms with E-state index in [9.17, 15) is 0 Å². The van der Waals surface area contributed by atoms with Gasteiger partial charge in [0.15, 0.2) is 0 Å². The van der Waals surface area contributed by atoms with E-state index in [0.717, 1.165) is 25.2 Å². The summed E-state index contributed by atoms with van der Waals surface area (Å²) in [6.07, 6.45) is 11.6. The first-order chi connectivity index (χ1) is 11.0. The lowest BCUT2D eigenvalue weighted by atomic mass is 9.85. The number of rotatable bonds is 13. The maximum Gasteiger partial charge on any atom is 0.119 e. The molecule has 1 atom stereocenters. The van der Waals surface area contributed by atoms with Gasteiger partial charge in [0.25, 0.3) is 0 Å². The summed E-state index contributed by atoms with van der Waals surface area (Å²) in [6, 6.07) is 10.1. The summed E-state index contributed by atoms with van der Waals surface area (Å²) < 4.78 is 5.80. The third-order valence-corrected chi connectivity index (χ3v) is 4.89. The van der Waals surface area contributed by atoms with Crippen molar-refractivity contribution in [3.8, 4) is 5.75 Å². The maximum atomic E-state index is 6.62. The SMILES string of the molecule is CCCCCCCCC(CCCOc1ccccc1)C(C)(C)Cl. The Morgan fingerprint density at radius 1 is 0.913 bits per heavy atom. The molecule has 0 heterocycles. The van der Waals surface area contributed by atoms with Gasteiger partial charge in [-0.2, -0.15) is 0 Å². The third-order valence-electron chi connectivity index (χ3n) is 4.59. The Morgan fingerprint density at radius 3 is 2.17 bits per heavy atom. The van der Waals surface area contributed by atoms with Crippen molar-refractivity contribution in [3.63, 3.8) is 0 Å². The van der Waals surface area contributed by atoms with Crippen molar-refractivity contribution in [1.29, 1.82) is 0 Å². The first-order valence-electron chi connectivity index (χ1n) is 9.40. The summed E-state index contributed by atoms with van der Waals surface area (Å²) in [5.41, 5.74) is 0. The molecule has 0 saturated heterocycles. The number of hydrogen-bond donors (Lipinski definition) is 0. The van der Waals surface area contributed by atoms with E-state index in [0.29, 0.717) is 5.92 Å². The number of alkyl halides is 1. The van der Waals surface area contributed by atoms with E-state index in [4.69, 9.17) is 16.3 Å². The number of para-hydroxylation sites is 1. The van der Waals surface area contributed by atoms with Crippen LogP contribution in [0.5, 0.6) is 5.75 Å². The molecule has 0 aliphatic rings. The van der Waals surface area contributed by atoms with Crippen LogP contribution < -0.4 is 4.74 Å². The summed E-state index contributed by atoms with van der Waals surface area (Å²) in [4.78, 5) is -0.115. The fourth-order valence-corrected chi connectivity index (χ4v) is 3.26. The number of benzene rings is 1. The predicted octanol–water partition coefficient (Wildman–Crippen LogP) is 7.23. The zero-order valence-corrected chi connectivity index (χ0v) is 16.1. The van der Waals surface area contributed by atoms with E-state index in [-0.39, 0.29) is 4.87 Å². The second kappa shape index (κ2) is 11.8. The van der Waals surface area contributed by atoms with Gasteiger partial charge in [-0.15, -0.1) is 11.6 Å². The molecule has 2 heteroatoms. The highest BCUT2D eigenvalue weighted by atomic mass is 35.5. The van der Waals surface area contributed by atoms with Crippen LogP contribution >= 0.6 is 11.6 Å². The fraction of sp³-hybridized carbons (Fsp3) is 0.714. The van der Waals surface area contributed by atoms with Crippen molar-refractivity contribution < 1.29 is 4.74 Å². The lowest BCUT2D eigenvalue weighted by Gasteiger charge is -2.28. The highest BCUT2D eigenvalue weighted by Crippen LogP contribution is 2.32. The summed E-state index contributed by atoms with van der Waals surface area (Å²) in [5, 5.41) is 0. The summed E-state index contributed by atoms with van der Waals surface area (Å²) in [5.74, 6) is 1.54. The van der Waals surface area contributed by atoms with Gasteiger partial charge in [0.2, 0.25) is 0 Å². The molecule has 0 N–H and O–H groups in total. The summed E-state index contributed by atoms with van der Waals surface area (Å²) in [6.45, 7) is 7.37. The molecule has 1 unspecified atom stereocenters. The second-order valence-corrected chi connectivity index (χ2v) is 8.10. The topological polar surface area (TPSA) is 9.23 Å². The van der Waals surface area contributed by atoms with Crippen molar-refractivity contribution in [2.24, 2.45) is 5.92 Å². The van der Waals surface area contributed by atoms with Gasteiger partial charge in [0.1, 0.15) is 5.75 Å². The molecular formula is C21H35ClO. The first-order valence-corrected chi connectivity index (χ1v) is 9.78. The molecule has 0 fully saturated rings. The van der Waals surface area contributed by atoms with E-state index in [1.165, 1.54) is 44.9 Å². The highest BCUT2D eigenvalue weighted by Gasteiger charge is 2.26. The van der Waals surface area contributed by atoms with Gasteiger partial charge in [0.05, 0.1) is 6.61 Å². The third kappa shape index (κ3) is 9.91. The van der Waals surface area contributed by atoms with Gasteiger partial charge in [0, 0.05) is 4.87 Å². The normalized spacial score (nSPS) is 13.0. The average Bonchev–Trinajstić information content (AvgIpc) is 2.52. The number of unbranched alkanes of at least 4 members (excludes halogenated alkanes) is 5. The van der Waals surface area contributed by atoms with E-state index < -0.39 is 0 Å². The molecule has 0 aromatic heterocycles. The van der Waals surface area contributed by atoms with Crippen LogP contribution in [0.25, 0.3) is 0 Å². The molecule has 0 amide bonds. The molecule has 0 aliphatic carbocycles. The summed E-state index contributed by atoms with van der Waals surface area (Å²) in [7, 11) is 0. The monoisotopic (exact) mass is 338 g/mol. The minimum absolute atomic E-state index is 0.115. The zero-order valence-electron chi connectivity index (χ0n) is 15.3. The molecule has 132 valence electrons. The maximum absolute atomic E-state index is 6.62. The lowest BCUT2D eigenvalue weighted by molar-refractivity contribution is 0.270. The Balaban J connectivity index is 2.21. The molecule has 1 nitrogen and oxygen atoms in total. The van der Waals surface area contributed by atoms with Gasteiger partial charge in [-0.3, -0.25) is 0 Å². The predicted molar refractivity (Wildman–Crippen MR) is 103 cm³/mol. The van der Waals surface area contributed by atoms with Crippen molar-refractivity contribution in [2.45, 2.75) is 83.4 Å². The number of hydrogen-bond acceptors (Lipinski definition) is 1. The Labute approximate surface area is 148 Å². The van der Waals surface area contributed by atoms with Gasteiger partial charge in [-0.1, -0.05) is 63.6 Å². The second-order valence-electron chi connectivity index (χ2n) is 7.12. The van der Waals surface area contributed by atoms with Gasteiger partial charge < -0.3 is 4.74 Å². The smallest absolute Gasteiger partial charge is 0.119 e. The highest BCUT2D eigenvalue weighted by molar-refractivity contribution is 6.23. The fourth-order valence-electron chi connectivity index (χ4n) is 3.04. The molecular weight excluding hydrogens is 304 g/mol. The van der Waals surface area contributed by atoms with Gasteiger partial charge in [-0.05, 0) is 51.2 Å². The molecule has 1 rings (SSSR count). The van der Waals surface area contributed by atoms with Gasteiger partial charge in [-0.25, -0.2) is 0 Å². The lowest BCUT2D eigenvalue weighted by Crippen LogP contribution is -2.25. The standard InChI is InChI=1S/C21H35ClO/c1-4-5-6-7-8-10-14-19(21(2,3)22)15-13-18-23-20-16-11-9-12-17-20/h9,11-12,16-17,19H,4-8,10,13-15,18H2,1-3H3. The van der Waals surface area contributed by atoms with Crippen LogP contribution in [0.2, 0.25) is 0 Å². The van der Waals surface area contributed by atoms with E-state index >= 15 is 0 Å². The zero-order chi connectivity index (χ0) is 17.0. The Morgan fingerprint density at radius 2 is 1.52 bits per heavy atom. The van der Waals surface area contributed by atoms with Crippen molar-refractivity contribution >= 4 is 11.6 Å². The van der Waals surface area contributed by atoms with Crippen LogP contribution in [0.15, 0.2) is 30.3 Å². The van der Waals surface area contributed by atoms with Crippen molar-refractivity contribution in [1.82, 2.24) is 0 Å². The average molecular weight is 339 g/mol. The molecule has 23 heavy (non-hydrogen) atoms. The van der Waals surface area contributed by atoms with Crippen LogP contribution in [0.1, 0.15) is 78.6 Å². The largest absolute Gasteiger partial charge is 0.494 e. The van der Waals surface area contributed by atoms with Crippen LogP contribution in [0.3, 0.4) is 0 Å². The quantitative estimate of drug-likeness (QED) is 0.272. The van der Waals surface area contributed by atoms with Crippen LogP contribution in [0, 0.1) is 5.92 Å². The minimum atomic E-state index is -0.115. The van der Waals surface area contributed by atoms with Crippen LogP contribution in [-0.2, 0) is 0 Å². The van der Waals surface area contributed by atoms with Crippen molar-refractivity contribution in [3.05, 3.63) is 30.3 Å². The number of ether oxygens (including phenoxy) is 1. The van der Waals surface area contributed by atoms with E-state index in [1.807, 2.05) is 30.3 Å².